The first-order chi connectivity index (χ1) is 24.7. The fourth-order valence-electron chi connectivity index (χ4n) is 9.88. The molecule has 3 saturated carbocycles. The average molecular weight is 817 g/mol. The minimum absolute atomic E-state index is 0.385. The van der Waals surface area contributed by atoms with Gasteiger partial charge in [0.1, 0.15) is 0 Å². The molecule has 270 valence electrons. The molecule has 0 aromatic heterocycles. The van der Waals surface area contributed by atoms with Gasteiger partial charge >= 0.3 is 73.4 Å². The van der Waals surface area contributed by atoms with E-state index >= 15 is 0 Å². The zero-order valence-corrected chi connectivity index (χ0v) is 34.0. The van der Waals surface area contributed by atoms with Gasteiger partial charge in [-0.1, -0.05) is 102 Å². The summed E-state index contributed by atoms with van der Waals surface area (Å²) in [5, 5.41) is 0. The second-order valence-electron chi connectivity index (χ2n) is 15.3. The molecule has 3 aliphatic carbocycles. The van der Waals surface area contributed by atoms with E-state index in [0.29, 0.717) is 20.0 Å². The molecule has 2 atom stereocenters. The number of rotatable bonds is 4. The molecule has 3 aromatic rings. The molecule has 1 saturated heterocycles. The van der Waals surface area contributed by atoms with E-state index in [-0.39, 0.29) is 0 Å². The van der Waals surface area contributed by atoms with Gasteiger partial charge in [-0.3, -0.25) is 0 Å². The summed E-state index contributed by atoms with van der Waals surface area (Å²) < 4.78 is 1.92. The first-order valence-corrected chi connectivity index (χ1v) is 26.8. The molecule has 0 N–H and O–H groups in total. The summed E-state index contributed by atoms with van der Waals surface area (Å²) in [6, 6.07) is 28.7. The van der Waals surface area contributed by atoms with Crippen LogP contribution in [0.25, 0.3) is 0 Å². The maximum atomic E-state index is 5.67. The van der Waals surface area contributed by atoms with E-state index < -0.39 is 13.5 Å². The number of fused-ring (bicyclic) bond motifs is 7. The van der Waals surface area contributed by atoms with Crippen LogP contribution in [0.4, 0.5) is 11.4 Å². The third kappa shape index (κ3) is 9.27. The van der Waals surface area contributed by atoms with Crippen molar-refractivity contribution in [1.29, 1.82) is 0 Å². The maximum absolute atomic E-state index is 5.67. The van der Waals surface area contributed by atoms with Crippen LogP contribution in [-0.4, -0.2) is 33.7 Å². The molecule has 9 rings (SSSR count). The van der Waals surface area contributed by atoms with E-state index in [9.17, 15) is 0 Å². The van der Waals surface area contributed by atoms with Crippen LogP contribution >= 0.6 is 27.3 Å². The van der Waals surface area contributed by atoms with E-state index in [2.05, 4.69) is 65.0 Å². The number of benzene rings is 3. The van der Waals surface area contributed by atoms with Gasteiger partial charge in [-0.25, -0.2) is 0 Å². The van der Waals surface area contributed by atoms with Gasteiger partial charge in [0.2, 0.25) is 6.67 Å². The minimum atomic E-state index is -1.61. The van der Waals surface area contributed by atoms with Crippen molar-refractivity contribution in [3.05, 3.63) is 102 Å². The molecule has 6 aliphatic rings. The van der Waals surface area contributed by atoms with Crippen molar-refractivity contribution in [2.75, 3.05) is 9.80 Å². The Balaban J connectivity index is 0.000000125. The van der Waals surface area contributed by atoms with Gasteiger partial charge in [-0.05, 0) is 104 Å². The molecule has 0 amide bonds. The van der Waals surface area contributed by atoms with Gasteiger partial charge < -0.3 is 9.80 Å². The monoisotopic (exact) mass is 816 g/mol. The van der Waals surface area contributed by atoms with E-state index in [0.717, 1.165) is 5.56 Å². The summed E-state index contributed by atoms with van der Waals surface area (Å²) in [4.78, 5) is 4.82. The summed E-state index contributed by atoms with van der Waals surface area (Å²) in [6.07, 6.45) is 28.5. The molecular weight excluding hydrogens is 759 g/mol. The number of aryl methyl sites for hydroxylation is 2. The van der Waals surface area contributed by atoms with Crippen molar-refractivity contribution >= 4 is 43.3 Å². The van der Waals surface area contributed by atoms with Crippen molar-refractivity contribution in [2.45, 2.75) is 151 Å². The molecule has 2 nitrogen and oxygen atoms in total. The standard InChI is InChI=1S/C19H18N2.C18H33P.C7H6.2ClH.Ru/c1-3-7-16-14(5-1)9-11-18-19-12-10-15-6-2-4-8-17(15)21(19)13-20(16)18;1-4-10-16(11-5-1)19(17-12-6-2-7-13-17)18-14-8-3-9-15-18;1-7-5-3-2-4-6-7;;;/h1-8,18-19H,9-12H2;16-18H,1-15H2;1-6H;2*1H;/q;;;;;+2/p-2/t18-,19+;;;;;. The Morgan fingerprint density at radius 3 is 1.34 bits per heavy atom. The molecule has 0 bridgehead atoms. The molecule has 4 fully saturated rings. The Morgan fingerprint density at radius 1 is 0.520 bits per heavy atom. The van der Waals surface area contributed by atoms with Crippen molar-refractivity contribution < 1.29 is 13.5 Å². The number of nitrogens with zero attached hydrogens (tertiary/aromatic N) is 2. The van der Waals surface area contributed by atoms with Crippen LogP contribution in [0.15, 0.2) is 78.9 Å². The molecule has 0 spiro atoms. The Kier molecular flexibility index (Phi) is 13.9. The van der Waals surface area contributed by atoms with Crippen molar-refractivity contribution in [3.8, 4) is 0 Å². The fourth-order valence-corrected chi connectivity index (χ4v) is 16.4. The van der Waals surface area contributed by atoms with Crippen LogP contribution in [0.2, 0.25) is 0 Å². The van der Waals surface area contributed by atoms with E-state index in [4.69, 9.17) is 19.4 Å². The zero-order valence-electron chi connectivity index (χ0n) is 29.9. The van der Waals surface area contributed by atoms with E-state index in [1.54, 1.807) is 77.0 Å². The van der Waals surface area contributed by atoms with Crippen LogP contribution in [0.1, 0.15) is 126 Å². The van der Waals surface area contributed by atoms with Crippen molar-refractivity contribution in [2.24, 2.45) is 0 Å². The zero-order chi connectivity index (χ0) is 34.1. The van der Waals surface area contributed by atoms with E-state index in [1.807, 2.05) is 34.9 Å². The second-order valence-corrected chi connectivity index (χ2v) is 24.2. The second kappa shape index (κ2) is 18.7. The molecule has 2 radical (unpaired) electrons. The first kappa shape index (κ1) is 37.1. The quantitative estimate of drug-likeness (QED) is 0.191. The van der Waals surface area contributed by atoms with E-state index in [1.165, 1.54) is 84.4 Å². The SMILES string of the molecule is C1CCC(P(C2CCCCC2)C2CCCCC2)CC1.[C]1N2c3ccccc3CC[C@@H]2[C@@H]2CCc3ccccc3N12.[Cl][Ru]([Cl])=[CH]c1ccccc1. The van der Waals surface area contributed by atoms with Gasteiger partial charge in [-0.15, -0.1) is 0 Å². The van der Waals surface area contributed by atoms with Crippen LogP contribution in [0, 0.1) is 6.67 Å². The Labute approximate surface area is 318 Å². The molecule has 3 aromatic carbocycles. The molecule has 3 heterocycles. The summed E-state index contributed by atoms with van der Waals surface area (Å²) in [6.45, 7) is 3.67. The molecular formula is C44H57Cl2N2PRu. The molecule has 50 heavy (non-hydrogen) atoms. The summed E-state index contributed by atoms with van der Waals surface area (Å²) >= 11 is -1.61. The number of halogens is 2. The molecule has 6 heteroatoms. The third-order valence-electron chi connectivity index (χ3n) is 12.2. The van der Waals surface area contributed by atoms with Crippen LogP contribution in [-0.2, 0) is 26.4 Å². The normalized spacial score (nSPS) is 24.0. The Bertz CT molecular complexity index is 1410. The first-order valence-electron chi connectivity index (χ1n) is 19.8. The van der Waals surface area contributed by atoms with Gasteiger partial charge in [0.05, 0.1) is 12.1 Å². The summed E-state index contributed by atoms with van der Waals surface area (Å²) in [7, 11) is 11.7. The van der Waals surface area contributed by atoms with Crippen LogP contribution < -0.4 is 9.80 Å². The average Bonchev–Trinajstić information content (AvgIpc) is 3.57. The van der Waals surface area contributed by atoms with Crippen LogP contribution in [0.5, 0.6) is 0 Å². The van der Waals surface area contributed by atoms with Crippen molar-refractivity contribution in [1.82, 2.24) is 0 Å². The Hall–Kier alpha value is -1.24. The summed E-state index contributed by atoms with van der Waals surface area (Å²) in [5.74, 6) is 0. The number of hydrogen-bond donors (Lipinski definition) is 0. The van der Waals surface area contributed by atoms with Crippen LogP contribution in [0.3, 0.4) is 0 Å². The van der Waals surface area contributed by atoms with Gasteiger partial charge in [0, 0.05) is 11.4 Å². The topological polar surface area (TPSA) is 6.48 Å². The number of anilines is 2. The third-order valence-corrected chi connectivity index (χ3v) is 18.2. The predicted molar refractivity (Wildman–Crippen MR) is 216 cm³/mol. The summed E-state index contributed by atoms with van der Waals surface area (Å²) in [5.41, 5.74) is 10.3. The van der Waals surface area contributed by atoms with Gasteiger partial charge in [-0.2, -0.15) is 0 Å². The molecule has 3 aliphatic heterocycles. The van der Waals surface area contributed by atoms with Crippen molar-refractivity contribution in [3.63, 3.8) is 0 Å². The predicted octanol–water partition coefficient (Wildman–Crippen LogP) is 12.9. The van der Waals surface area contributed by atoms with Gasteiger partial charge in [0.15, 0.2) is 0 Å². The Morgan fingerprint density at radius 2 is 0.920 bits per heavy atom. The van der Waals surface area contributed by atoms with Gasteiger partial charge in [0.25, 0.3) is 0 Å². The number of hydrogen-bond acceptors (Lipinski definition) is 2. The molecule has 0 unspecified atom stereocenters. The fraction of sp³-hybridized carbons (Fsp3) is 0.545. The number of para-hydroxylation sites is 2.